The van der Waals surface area contributed by atoms with Crippen LogP contribution in [-0.2, 0) is 4.74 Å². The van der Waals surface area contributed by atoms with Gasteiger partial charge in [-0.25, -0.2) is 4.39 Å². The number of amides is 1. The van der Waals surface area contributed by atoms with Gasteiger partial charge in [-0.05, 0) is 61.7 Å². The van der Waals surface area contributed by atoms with Crippen molar-refractivity contribution in [3.05, 3.63) is 59.4 Å². The molecule has 1 saturated heterocycles. The van der Waals surface area contributed by atoms with Gasteiger partial charge < -0.3 is 14.8 Å². The molecule has 1 N–H and O–H groups in total. The highest BCUT2D eigenvalue weighted by Gasteiger charge is 2.16. The van der Waals surface area contributed by atoms with Crippen molar-refractivity contribution in [3.8, 4) is 5.75 Å². The number of ether oxygens (including phenoxy) is 2. The number of carbonyl (C=O) groups is 1. The minimum Gasteiger partial charge on any atom is -0.491 e. The van der Waals surface area contributed by atoms with Gasteiger partial charge in [0.25, 0.3) is 5.91 Å². The number of nitrogens with one attached hydrogen (secondary N) is 1. The third kappa shape index (κ3) is 4.11. The van der Waals surface area contributed by atoms with Crippen molar-refractivity contribution in [3.63, 3.8) is 0 Å². The largest absolute Gasteiger partial charge is 0.491 e. The Kier molecular flexibility index (Phi) is 5.11. The molecule has 0 radical (unpaired) electrons. The number of hydrogen-bond acceptors (Lipinski definition) is 3. The summed E-state index contributed by atoms with van der Waals surface area (Å²) in [6.07, 6.45) is 2.25. The molecule has 0 bridgehead atoms. The van der Waals surface area contributed by atoms with Crippen molar-refractivity contribution < 1.29 is 18.7 Å². The number of halogens is 1. The van der Waals surface area contributed by atoms with E-state index in [4.69, 9.17) is 9.47 Å². The second kappa shape index (κ2) is 7.45. The SMILES string of the molecule is Cc1ccc(NC(=O)c2ccc(OC[C@H]3CCCO3)cc2)cc1F. The molecule has 1 atom stereocenters. The van der Waals surface area contributed by atoms with Gasteiger partial charge in [0.05, 0.1) is 6.10 Å². The molecule has 0 unspecified atom stereocenters. The molecule has 0 aliphatic carbocycles. The Labute approximate surface area is 140 Å². The summed E-state index contributed by atoms with van der Waals surface area (Å²) >= 11 is 0. The maximum absolute atomic E-state index is 13.5. The lowest BCUT2D eigenvalue weighted by atomic mass is 10.2. The van der Waals surface area contributed by atoms with Gasteiger partial charge in [0.2, 0.25) is 0 Å². The number of anilines is 1. The van der Waals surface area contributed by atoms with Crippen LogP contribution in [0.2, 0.25) is 0 Å². The summed E-state index contributed by atoms with van der Waals surface area (Å²) in [7, 11) is 0. The smallest absolute Gasteiger partial charge is 0.255 e. The first-order chi connectivity index (χ1) is 11.6. The summed E-state index contributed by atoms with van der Waals surface area (Å²) < 4.78 is 24.7. The van der Waals surface area contributed by atoms with Crippen LogP contribution in [0.1, 0.15) is 28.8 Å². The molecule has 1 amide bonds. The lowest BCUT2D eigenvalue weighted by molar-refractivity contribution is 0.0679. The Hall–Kier alpha value is -2.40. The zero-order valence-electron chi connectivity index (χ0n) is 13.5. The molecule has 0 saturated carbocycles. The molecule has 0 aromatic heterocycles. The molecule has 1 fully saturated rings. The summed E-state index contributed by atoms with van der Waals surface area (Å²) in [4.78, 5) is 12.2. The van der Waals surface area contributed by atoms with E-state index in [1.807, 2.05) is 0 Å². The van der Waals surface area contributed by atoms with Crippen LogP contribution in [-0.4, -0.2) is 25.2 Å². The van der Waals surface area contributed by atoms with E-state index in [1.54, 1.807) is 43.3 Å². The molecule has 1 aliphatic heterocycles. The number of aryl methyl sites for hydroxylation is 1. The predicted octanol–water partition coefficient (Wildman–Crippen LogP) is 3.94. The normalized spacial score (nSPS) is 16.8. The molecule has 4 nitrogen and oxygen atoms in total. The van der Waals surface area contributed by atoms with Crippen LogP contribution in [0.3, 0.4) is 0 Å². The van der Waals surface area contributed by atoms with Crippen LogP contribution in [0, 0.1) is 12.7 Å². The number of benzene rings is 2. The Morgan fingerprint density at radius 2 is 2.08 bits per heavy atom. The maximum atomic E-state index is 13.5. The van der Waals surface area contributed by atoms with Gasteiger partial charge in [-0.2, -0.15) is 0 Å². The van der Waals surface area contributed by atoms with Crippen molar-refractivity contribution >= 4 is 11.6 Å². The van der Waals surface area contributed by atoms with Crippen LogP contribution < -0.4 is 10.1 Å². The molecule has 1 aliphatic rings. The van der Waals surface area contributed by atoms with Gasteiger partial charge in [-0.1, -0.05) is 6.07 Å². The lowest BCUT2D eigenvalue weighted by Gasteiger charge is -2.12. The average Bonchev–Trinajstić information content (AvgIpc) is 3.10. The minimum atomic E-state index is -0.342. The van der Waals surface area contributed by atoms with Crippen LogP contribution in [0.15, 0.2) is 42.5 Å². The van der Waals surface area contributed by atoms with Crippen LogP contribution >= 0.6 is 0 Å². The predicted molar refractivity (Wildman–Crippen MR) is 90.0 cm³/mol. The van der Waals surface area contributed by atoms with Crippen LogP contribution in [0.4, 0.5) is 10.1 Å². The molecule has 3 rings (SSSR count). The highest BCUT2D eigenvalue weighted by Crippen LogP contribution is 2.18. The summed E-state index contributed by atoms with van der Waals surface area (Å²) in [5, 5.41) is 2.68. The first-order valence-corrected chi connectivity index (χ1v) is 8.04. The highest BCUT2D eigenvalue weighted by atomic mass is 19.1. The minimum absolute atomic E-state index is 0.157. The molecule has 5 heteroatoms. The van der Waals surface area contributed by atoms with Crippen molar-refractivity contribution in [2.75, 3.05) is 18.5 Å². The summed E-state index contributed by atoms with van der Waals surface area (Å²) in [6, 6.07) is 11.5. The van der Waals surface area contributed by atoms with Gasteiger partial charge in [0, 0.05) is 17.9 Å². The molecule has 2 aromatic carbocycles. The summed E-state index contributed by atoms with van der Waals surface area (Å²) in [5.41, 5.74) is 1.46. The zero-order chi connectivity index (χ0) is 16.9. The van der Waals surface area contributed by atoms with Gasteiger partial charge >= 0.3 is 0 Å². The van der Waals surface area contributed by atoms with Crippen LogP contribution in [0.5, 0.6) is 5.75 Å². The second-order valence-electron chi connectivity index (χ2n) is 5.89. The number of rotatable bonds is 5. The molecule has 126 valence electrons. The van der Waals surface area contributed by atoms with Gasteiger partial charge in [-0.15, -0.1) is 0 Å². The first-order valence-electron chi connectivity index (χ1n) is 8.04. The summed E-state index contributed by atoms with van der Waals surface area (Å²) in [6.45, 7) is 3.00. The Balaban J connectivity index is 1.57. The molecule has 0 spiro atoms. The Bertz CT molecular complexity index is 709. The van der Waals surface area contributed by atoms with Crippen molar-refractivity contribution in [1.29, 1.82) is 0 Å². The number of carbonyl (C=O) groups excluding carboxylic acids is 1. The van der Waals surface area contributed by atoms with E-state index in [0.717, 1.165) is 19.4 Å². The molecule has 2 aromatic rings. The van der Waals surface area contributed by atoms with E-state index >= 15 is 0 Å². The van der Waals surface area contributed by atoms with Gasteiger partial charge in [0.15, 0.2) is 0 Å². The van der Waals surface area contributed by atoms with E-state index in [2.05, 4.69) is 5.32 Å². The van der Waals surface area contributed by atoms with E-state index in [-0.39, 0.29) is 17.8 Å². The third-order valence-electron chi connectivity index (χ3n) is 4.01. The van der Waals surface area contributed by atoms with Crippen molar-refractivity contribution in [2.45, 2.75) is 25.9 Å². The van der Waals surface area contributed by atoms with E-state index in [9.17, 15) is 9.18 Å². The van der Waals surface area contributed by atoms with Crippen LogP contribution in [0.25, 0.3) is 0 Å². The lowest BCUT2D eigenvalue weighted by Crippen LogP contribution is -2.16. The maximum Gasteiger partial charge on any atom is 0.255 e. The molecule has 24 heavy (non-hydrogen) atoms. The standard InChI is InChI=1S/C19H20FNO3/c1-13-4-7-15(11-18(13)20)21-19(22)14-5-8-16(9-6-14)24-12-17-3-2-10-23-17/h4-9,11,17H,2-3,10,12H2,1H3,(H,21,22)/t17-/m1/s1. The average molecular weight is 329 g/mol. The highest BCUT2D eigenvalue weighted by molar-refractivity contribution is 6.04. The van der Waals surface area contributed by atoms with E-state index < -0.39 is 0 Å². The third-order valence-corrected chi connectivity index (χ3v) is 4.01. The monoisotopic (exact) mass is 329 g/mol. The molecule has 1 heterocycles. The Morgan fingerprint density at radius 1 is 1.29 bits per heavy atom. The fourth-order valence-electron chi connectivity index (χ4n) is 2.54. The van der Waals surface area contributed by atoms with Crippen molar-refractivity contribution in [1.82, 2.24) is 0 Å². The number of hydrogen-bond donors (Lipinski definition) is 1. The topological polar surface area (TPSA) is 47.6 Å². The fourth-order valence-corrected chi connectivity index (χ4v) is 2.54. The van der Waals surface area contributed by atoms with E-state index in [1.165, 1.54) is 6.07 Å². The first kappa shape index (κ1) is 16.5. The molecular weight excluding hydrogens is 309 g/mol. The quantitative estimate of drug-likeness (QED) is 0.904. The zero-order valence-corrected chi connectivity index (χ0v) is 13.5. The van der Waals surface area contributed by atoms with E-state index in [0.29, 0.717) is 29.2 Å². The van der Waals surface area contributed by atoms with Gasteiger partial charge in [0.1, 0.15) is 18.2 Å². The second-order valence-corrected chi connectivity index (χ2v) is 5.89. The summed E-state index contributed by atoms with van der Waals surface area (Å²) in [5.74, 6) is 0.0676. The molecular formula is C19H20FNO3. The van der Waals surface area contributed by atoms with Gasteiger partial charge in [-0.3, -0.25) is 4.79 Å². The fraction of sp³-hybridized carbons (Fsp3) is 0.316. The van der Waals surface area contributed by atoms with Crippen molar-refractivity contribution in [2.24, 2.45) is 0 Å². The Morgan fingerprint density at radius 3 is 2.75 bits per heavy atom.